The minimum Gasteiger partial charge on any atom is -0.494 e. The minimum atomic E-state index is 0.688. The first-order valence-electron chi connectivity index (χ1n) is 8.12. The molecule has 0 N–H and O–H groups in total. The van der Waals surface area contributed by atoms with Crippen LogP contribution >= 0.6 is 0 Å². The van der Waals surface area contributed by atoms with E-state index in [1.165, 1.54) is 32.7 Å². The van der Waals surface area contributed by atoms with Gasteiger partial charge in [0.1, 0.15) is 11.5 Å². The number of hydrogen-bond acceptors (Lipinski definition) is 4. The number of piperazine rings is 1. The average Bonchev–Trinajstić information content (AvgIpc) is 2.53. The van der Waals surface area contributed by atoms with Gasteiger partial charge in [0.2, 0.25) is 0 Å². The van der Waals surface area contributed by atoms with Crippen LogP contribution in [0.1, 0.15) is 20.3 Å². The molecule has 4 nitrogen and oxygen atoms in total. The fraction of sp³-hybridized carbons (Fsp3) is 0.647. The molecular formula is C17H28N2O2. The van der Waals surface area contributed by atoms with Crippen molar-refractivity contribution in [1.29, 1.82) is 0 Å². The Balaban J connectivity index is 1.62. The lowest BCUT2D eigenvalue weighted by molar-refractivity contribution is 0.130. The molecule has 1 heterocycles. The molecule has 1 aliphatic heterocycles. The molecule has 0 aliphatic carbocycles. The zero-order chi connectivity index (χ0) is 14.9. The Bertz CT molecular complexity index is 404. The van der Waals surface area contributed by atoms with Crippen LogP contribution in [0.25, 0.3) is 0 Å². The average molecular weight is 292 g/mol. The summed E-state index contributed by atoms with van der Waals surface area (Å²) in [7, 11) is 0. The van der Waals surface area contributed by atoms with Crippen LogP contribution in [0.2, 0.25) is 0 Å². The van der Waals surface area contributed by atoms with Crippen molar-refractivity contribution in [3.8, 4) is 11.5 Å². The van der Waals surface area contributed by atoms with Crippen LogP contribution in [0.15, 0.2) is 24.3 Å². The van der Waals surface area contributed by atoms with E-state index in [2.05, 4.69) is 16.7 Å². The second kappa shape index (κ2) is 8.90. The zero-order valence-electron chi connectivity index (χ0n) is 13.4. The van der Waals surface area contributed by atoms with Crippen molar-refractivity contribution >= 4 is 0 Å². The summed E-state index contributed by atoms with van der Waals surface area (Å²) in [5.74, 6) is 1.78. The lowest BCUT2D eigenvalue weighted by Gasteiger charge is -2.33. The van der Waals surface area contributed by atoms with Crippen molar-refractivity contribution in [3.05, 3.63) is 24.3 Å². The van der Waals surface area contributed by atoms with Gasteiger partial charge in [0.15, 0.2) is 0 Å². The Morgan fingerprint density at radius 1 is 0.952 bits per heavy atom. The van der Waals surface area contributed by atoms with E-state index in [1.54, 1.807) is 0 Å². The molecule has 0 bridgehead atoms. The summed E-state index contributed by atoms with van der Waals surface area (Å²) in [4.78, 5) is 5.04. The van der Waals surface area contributed by atoms with Crippen molar-refractivity contribution in [1.82, 2.24) is 9.80 Å². The second-order valence-electron chi connectivity index (χ2n) is 5.39. The van der Waals surface area contributed by atoms with E-state index in [-0.39, 0.29) is 0 Å². The molecule has 0 spiro atoms. The van der Waals surface area contributed by atoms with Gasteiger partial charge in [-0.3, -0.25) is 0 Å². The summed E-state index contributed by atoms with van der Waals surface area (Å²) in [5, 5.41) is 0. The molecule has 0 atom stereocenters. The van der Waals surface area contributed by atoms with Crippen molar-refractivity contribution in [2.24, 2.45) is 0 Å². The minimum absolute atomic E-state index is 0.688. The van der Waals surface area contributed by atoms with Crippen LogP contribution in [-0.2, 0) is 0 Å². The van der Waals surface area contributed by atoms with Gasteiger partial charge in [-0.25, -0.2) is 0 Å². The van der Waals surface area contributed by atoms with Crippen LogP contribution in [0.4, 0.5) is 0 Å². The third-order valence-electron chi connectivity index (χ3n) is 3.92. The number of ether oxygens (including phenoxy) is 2. The van der Waals surface area contributed by atoms with Crippen molar-refractivity contribution in [3.63, 3.8) is 0 Å². The van der Waals surface area contributed by atoms with Gasteiger partial charge in [0.05, 0.1) is 13.2 Å². The van der Waals surface area contributed by atoms with E-state index in [0.717, 1.165) is 31.1 Å². The second-order valence-corrected chi connectivity index (χ2v) is 5.39. The zero-order valence-corrected chi connectivity index (χ0v) is 13.4. The molecule has 21 heavy (non-hydrogen) atoms. The van der Waals surface area contributed by atoms with Crippen LogP contribution in [0.3, 0.4) is 0 Å². The number of rotatable bonds is 8. The molecule has 4 heteroatoms. The summed E-state index contributed by atoms with van der Waals surface area (Å²) in [6, 6.07) is 7.89. The standard InChI is InChI=1S/C17H28N2O2/c1-3-18-10-12-19(13-11-18)9-6-14-21-17-8-5-7-16(15-17)20-4-2/h5,7-8,15H,3-4,6,9-14H2,1-2H3. The van der Waals surface area contributed by atoms with Gasteiger partial charge >= 0.3 is 0 Å². The van der Waals surface area contributed by atoms with Crippen molar-refractivity contribution in [2.45, 2.75) is 20.3 Å². The lowest BCUT2D eigenvalue weighted by atomic mass is 10.3. The first kappa shape index (κ1) is 16.1. The maximum Gasteiger partial charge on any atom is 0.122 e. The van der Waals surface area contributed by atoms with E-state index in [1.807, 2.05) is 31.2 Å². The summed E-state index contributed by atoms with van der Waals surface area (Å²) >= 11 is 0. The molecule has 118 valence electrons. The van der Waals surface area contributed by atoms with E-state index >= 15 is 0 Å². The highest BCUT2D eigenvalue weighted by atomic mass is 16.5. The van der Waals surface area contributed by atoms with Gasteiger partial charge < -0.3 is 19.3 Å². The lowest BCUT2D eigenvalue weighted by Crippen LogP contribution is -2.46. The molecular weight excluding hydrogens is 264 g/mol. The van der Waals surface area contributed by atoms with Gasteiger partial charge in [-0.2, -0.15) is 0 Å². The van der Waals surface area contributed by atoms with Gasteiger partial charge in [-0.15, -0.1) is 0 Å². The van der Waals surface area contributed by atoms with Crippen LogP contribution in [0.5, 0.6) is 11.5 Å². The van der Waals surface area contributed by atoms with Gasteiger partial charge in [-0.1, -0.05) is 13.0 Å². The van der Waals surface area contributed by atoms with Crippen molar-refractivity contribution < 1.29 is 9.47 Å². The summed E-state index contributed by atoms with van der Waals surface area (Å²) in [5.41, 5.74) is 0. The summed E-state index contributed by atoms with van der Waals surface area (Å²) in [6.45, 7) is 12.8. The summed E-state index contributed by atoms with van der Waals surface area (Å²) < 4.78 is 11.3. The fourth-order valence-corrected chi connectivity index (χ4v) is 2.63. The first-order valence-corrected chi connectivity index (χ1v) is 8.12. The van der Waals surface area contributed by atoms with Gasteiger partial charge in [0, 0.05) is 38.8 Å². The normalized spacial score (nSPS) is 16.9. The molecule has 0 aromatic heterocycles. The number of likely N-dealkylation sites (N-methyl/N-ethyl adjacent to an activating group) is 1. The van der Waals surface area contributed by atoms with E-state index in [4.69, 9.17) is 9.47 Å². The number of nitrogens with zero attached hydrogens (tertiary/aromatic N) is 2. The third kappa shape index (κ3) is 5.56. The molecule has 0 unspecified atom stereocenters. The summed E-state index contributed by atoms with van der Waals surface area (Å²) in [6.07, 6.45) is 1.07. The Labute approximate surface area is 128 Å². The maximum atomic E-state index is 5.81. The molecule has 1 aromatic rings. The van der Waals surface area contributed by atoms with E-state index < -0.39 is 0 Å². The van der Waals surface area contributed by atoms with Gasteiger partial charge in [-0.05, 0) is 32.0 Å². The predicted molar refractivity (Wildman–Crippen MR) is 86.3 cm³/mol. The van der Waals surface area contributed by atoms with Crippen LogP contribution in [0, 0.1) is 0 Å². The predicted octanol–water partition coefficient (Wildman–Crippen LogP) is 2.49. The monoisotopic (exact) mass is 292 g/mol. The largest absolute Gasteiger partial charge is 0.494 e. The molecule has 0 radical (unpaired) electrons. The highest BCUT2D eigenvalue weighted by Gasteiger charge is 2.14. The molecule has 1 aromatic carbocycles. The van der Waals surface area contributed by atoms with Gasteiger partial charge in [0.25, 0.3) is 0 Å². The number of benzene rings is 1. The van der Waals surface area contributed by atoms with E-state index in [9.17, 15) is 0 Å². The number of hydrogen-bond donors (Lipinski definition) is 0. The smallest absolute Gasteiger partial charge is 0.122 e. The van der Waals surface area contributed by atoms with E-state index in [0.29, 0.717) is 6.61 Å². The Hall–Kier alpha value is -1.26. The molecule has 1 fully saturated rings. The Kier molecular flexibility index (Phi) is 6.83. The van der Waals surface area contributed by atoms with Crippen LogP contribution in [-0.4, -0.2) is 62.3 Å². The first-order chi connectivity index (χ1) is 10.3. The Morgan fingerprint density at radius 3 is 2.29 bits per heavy atom. The molecule has 0 amide bonds. The topological polar surface area (TPSA) is 24.9 Å². The highest BCUT2D eigenvalue weighted by molar-refractivity contribution is 5.32. The Morgan fingerprint density at radius 2 is 1.62 bits per heavy atom. The fourth-order valence-electron chi connectivity index (χ4n) is 2.63. The SMILES string of the molecule is CCOc1cccc(OCCCN2CCN(CC)CC2)c1. The molecule has 1 aliphatic rings. The highest BCUT2D eigenvalue weighted by Crippen LogP contribution is 2.19. The molecule has 0 saturated carbocycles. The third-order valence-corrected chi connectivity index (χ3v) is 3.92. The molecule has 1 saturated heterocycles. The quantitative estimate of drug-likeness (QED) is 0.687. The van der Waals surface area contributed by atoms with Crippen molar-refractivity contribution in [2.75, 3.05) is 52.5 Å². The maximum absolute atomic E-state index is 5.81. The van der Waals surface area contributed by atoms with Crippen LogP contribution < -0.4 is 9.47 Å². The molecule has 2 rings (SSSR count).